The molecule has 0 bridgehead atoms. The van der Waals surface area contributed by atoms with Gasteiger partial charge < -0.3 is 10.1 Å². The van der Waals surface area contributed by atoms with Crippen molar-refractivity contribution in [3.05, 3.63) is 16.6 Å². The van der Waals surface area contributed by atoms with Crippen LogP contribution in [0.2, 0.25) is 0 Å². The molecule has 0 aliphatic heterocycles. The third-order valence-corrected chi connectivity index (χ3v) is 3.57. The van der Waals surface area contributed by atoms with E-state index in [1.54, 1.807) is 11.3 Å². The summed E-state index contributed by atoms with van der Waals surface area (Å²) in [7, 11) is 2.14. The van der Waals surface area contributed by atoms with E-state index in [1.165, 1.54) is 0 Å². The lowest BCUT2D eigenvalue weighted by Crippen LogP contribution is -2.38. The quantitative estimate of drug-likeness (QED) is 0.660. The fourth-order valence-corrected chi connectivity index (χ4v) is 2.19. The molecule has 4 nitrogen and oxygen atoms in total. The first-order valence-corrected chi connectivity index (χ1v) is 7.54. The molecule has 0 saturated carbocycles. The van der Waals surface area contributed by atoms with Crippen LogP contribution < -0.4 is 5.32 Å². The maximum Gasteiger partial charge on any atom is 0.0795 e. The summed E-state index contributed by atoms with van der Waals surface area (Å²) in [5.41, 5.74) is 3.05. The predicted octanol–water partition coefficient (Wildman–Crippen LogP) is 1.98. The van der Waals surface area contributed by atoms with E-state index >= 15 is 0 Å². The van der Waals surface area contributed by atoms with E-state index in [0.717, 1.165) is 45.0 Å². The molecular formula is C13H25N3OS. The van der Waals surface area contributed by atoms with Crippen molar-refractivity contribution >= 4 is 11.3 Å². The fourth-order valence-electron chi connectivity index (χ4n) is 1.64. The normalized spacial score (nSPS) is 13.1. The SMILES string of the molecule is CCOCCCNCC(C)N(C)Cc1cscn1. The molecule has 0 saturated heterocycles. The van der Waals surface area contributed by atoms with Crippen molar-refractivity contribution in [2.75, 3.05) is 33.4 Å². The van der Waals surface area contributed by atoms with Gasteiger partial charge in [0.15, 0.2) is 0 Å². The highest BCUT2D eigenvalue weighted by atomic mass is 32.1. The van der Waals surface area contributed by atoms with Crippen molar-refractivity contribution in [3.63, 3.8) is 0 Å². The summed E-state index contributed by atoms with van der Waals surface area (Å²) >= 11 is 1.66. The highest BCUT2D eigenvalue weighted by Gasteiger charge is 2.09. The Bertz CT molecular complexity index is 292. The zero-order valence-corrected chi connectivity index (χ0v) is 12.5. The summed E-state index contributed by atoms with van der Waals surface area (Å²) in [6.07, 6.45) is 1.08. The second kappa shape index (κ2) is 9.44. The van der Waals surface area contributed by atoms with E-state index in [-0.39, 0.29) is 0 Å². The van der Waals surface area contributed by atoms with Crippen LogP contribution in [-0.4, -0.2) is 49.3 Å². The van der Waals surface area contributed by atoms with Crippen molar-refractivity contribution in [1.82, 2.24) is 15.2 Å². The van der Waals surface area contributed by atoms with Crippen LogP contribution in [0.3, 0.4) is 0 Å². The first-order chi connectivity index (χ1) is 8.74. The van der Waals surface area contributed by atoms with Crippen LogP contribution in [0.4, 0.5) is 0 Å². The minimum Gasteiger partial charge on any atom is -0.382 e. The lowest BCUT2D eigenvalue weighted by molar-refractivity contribution is 0.144. The molecule has 0 aromatic carbocycles. The van der Waals surface area contributed by atoms with Gasteiger partial charge >= 0.3 is 0 Å². The Morgan fingerprint density at radius 2 is 2.39 bits per heavy atom. The molecule has 1 heterocycles. The molecule has 0 aliphatic carbocycles. The molecule has 0 radical (unpaired) electrons. The summed E-state index contributed by atoms with van der Waals surface area (Å²) in [5, 5.41) is 5.57. The number of aromatic nitrogens is 1. The Labute approximate surface area is 114 Å². The second-order valence-corrected chi connectivity index (χ2v) is 5.22. The Kier molecular flexibility index (Phi) is 8.17. The van der Waals surface area contributed by atoms with Gasteiger partial charge in [-0.2, -0.15) is 0 Å². The second-order valence-electron chi connectivity index (χ2n) is 4.50. The van der Waals surface area contributed by atoms with Crippen LogP contribution >= 0.6 is 11.3 Å². The van der Waals surface area contributed by atoms with Gasteiger partial charge in [0.05, 0.1) is 11.2 Å². The molecule has 5 heteroatoms. The Hall–Kier alpha value is -0.490. The van der Waals surface area contributed by atoms with Gasteiger partial charge in [-0.1, -0.05) is 0 Å². The number of likely N-dealkylation sites (N-methyl/N-ethyl adjacent to an activating group) is 1. The number of hydrogen-bond acceptors (Lipinski definition) is 5. The third-order valence-electron chi connectivity index (χ3n) is 2.93. The van der Waals surface area contributed by atoms with Crippen LogP contribution in [0.1, 0.15) is 26.0 Å². The smallest absolute Gasteiger partial charge is 0.0795 e. The number of hydrogen-bond donors (Lipinski definition) is 1. The monoisotopic (exact) mass is 271 g/mol. The van der Waals surface area contributed by atoms with Crippen LogP contribution in [0.5, 0.6) is 0 Å². The van der Waals surface area contributed by atoms with Gasteiger partial charge in [-0.15, -0.1) is 11.3 Å². The van der Waals surface area contributed by atoms with Crippen LogP contribution in [0.15, 0.2) is 10.9 Å². The molecule has 0 aliphatic rings. The van der Waals surface area contributed by atoms with E-state index in [9.17, 15) is 0 Å². The predicted molar refractivity (Wildman–Crippen MR) is 77.0 cm³/mol. The van der Waals surface area contributed by atoms with Crippen molar-refractivity contribution in [2.24, 2.45) is 0 Å². The van der Waals surface area contributed by atoms with Crippen LogP contribution in [0.25, 0.3) is 0 Å². The maximum atomic E-state index is 5.30. The Balaban J connectivity index is 2.06. The standard InChI is InChI=1S/C13H25N3OS/c1-4-17-7-5-6-14-8-12(2)16(3)9-13-10-18-11-15-13/h10-12,14H,4-9H2,1-3H3. The first-order valence-electron chi connectivity index (χ1n) is 6.59. The highest BCUT2D eigenvalue weighted by Crippen LogP contribution is 2.06. The van der Waals surface area contributed by atoms with Crippen molar-refractivity contribution in [1.29, 1.82) is 0 Å². The average molecular weight is 271 g/mol. The van der Waals surface area contributed by atoms with Crippen molar-refractivity contribution in [2.45, 2.75) is 32.9 Å². The lowest BCUT2D eigenvalue weighted by atomic mass is 10.2. The van der Waals surface area contributed by atoms with Crippen LogP contribution in [-0.2, 0) is 11.3 Å². The summed E-state index contributed by atoms with van der Waals surface area (Å²) < 4.78 is 5.30. The van der Waals surface area contributed by atoms with E-state index in [4.69, 9.17) is 4.74 Å². The number of rotatable bonds is 10. The van der Waals surface area contributed by atoms with Gasteiger partial charge in [0.1, 0.15) is 0 Å². The molecule has 1 N–H and O–H groups in total. The zero-order valence-electron chi connectivity index (χ0n) is 11.7. The molecule has 1 aromatic rings. The van der Waals surface area contributed by atoms with E-state index < -0.39 is 0 Å². The van der Waals surface area contributed by atoms with Gasteiger partial charge in [0.25, 0.3) is 0 Å². The zero-order chi connectivity index (χ0) is 13.2. The molecule has 18 heavy (non-hydrogen) atoms. The molecule has 0 fully saturated rings. The molecule has 1 aromatic heterocycles. The van der Waals surface area contributed by atoms with Gasteiger partial charge in [0.2, 0.25) is 0 Å². The summed E-state index contributed by atoms with van der Waals surface area (Å²) in [6, 6.07) is 0.513. The topological polar surface area (TPSA) is 37.4 Å². The number of thiazole rings is 1. The highest BCUT2D eigenvalue weighted by molar-refractivity contribution is 7.07. The van der Waals surface area contributed by atoms with Crippen molar-refractivity contribution < 1.29 is 4.74 Å². The maximum absolute atomic E-state index is 5.30. The van der Waals surface area contributed by atoms with Gasteiger partial charge in [-0.25, -0.2) is 4.98 Å². The average Bonchev–Trinajstić information content (AvgIpc) is 2.86. The van der Waals surface area contributed by atoms with Crippen LogP contribution in [0, 0.1) is 0 Å². The van der Waals surface area contributed by atoms with Gasteiger partial charge in [0, 0.05) is 37.7 Å². The summed E-state index contributed by atoms with van der Waals surface area (Å²) in [4.78, 5) is 6.63. The van der Waals surface area contributed by atoms with E-state index in [1.807, 2.05) is 12.4 Å². The largest absolute Gasteiger partial charge is 0.382 e. The minimum atomic E-state index is 0.513. The van der Waals surface area contributed by atoms with Gasteiger partial charge in [-0.3, -0.25) is 4.90 Å². The molecule has 1 unspecified atom stereocenters. The summed E-state index contributed by atoms with van der Waals surface area (Å²) in [5.74, 6) is 0. The molecule has 1 rings (SSSR count). The molecule has 104 valence electrons. The van der Waals surface area contributed by atoms with E-state index in [2.05, 4.69) is 34.6 Å². The number of nitrogens with zero attached hydrogens (tertiary/aromatic N) is 2. The van der Waals surface area contributed by atoms with E-state index in [0.29, 0.717) is 6.04 Å². The third kappa shape index (κ3) is 6.44. The molecule has 0 amide bonds. The molecular weight excluding hydrogens is 246 g/mol. The fraction of sp³-hybridized carbons (Fsp3) is 0.769. The Morgan fingerprint density at radius 3 is 3.06 bits per heavy atom. The summed E-state index contributed by atoms with van der Waals surface area (Å²) in [6.45, 7) is 8.89. The van der Waals surface area contributed by atoms with Crippen molar-refractivity contribution in [3.8, 4) is 0 Å². The molecule has 0 spiro atoms. The van der Waals surface area contributed by atoms with Gasteiger partial charge in [-0.05, 0) is 33.9 Å². The minimum absolute atomic E-state index is 0.513. The first kappa shape index (κ1) is 15.6. The molecule has 1 atom stereocenters. The lowest BCUT2D eigenvalue weighted by Gasteiger charge is -2.24. The Morgan fingerprint density at radius 1 is 1.56 bits per heavy atom. The number of nitrogens with one attached hydrogen (secondary N) is 1. The number of ether oxygens (including phenoxy) is 1.